The van der Waals surface area contributed by atoms with Gasteiger partial charge in [-0.25, -0.2) is 9.18 Å². The molecule has 1 aromatic heterocycles. The molecule has 170 valence electrons. The summed E-state index contributed by atoms with van der Waals surface area (Å²) in [6.07, 6.45) is -1.09. The summed E-state index contributed by atoms with van der Waals surface area (Å²) in [5.41, 5.74) is 3.25. The molecule has 0 aliphatic carbocycles. The molecule has 0 fully saturated rings. The highest BCUT2D eigenvalue weighted by Gasteiger charge is 2.42. The molecule has 2 atom stereocenters. The second-order valence-electron chi connectivity index (χ2n) is 7.96. The highest BCUT2D eigenvalue weighted by Crippen LogP contribution is 2.38. The molecule has 0 saturated carbocycles. The van der Waals surface area contributed by atoms with Crippen LogP contribution in [0, 0.1) is 5.82 Å². The van der Waals surface area contributed by atoms with Gasteiger partial charge in [-0.15, -0.1) is 0 Å². The van der Waals surface area contributed by atoms with Gasteiger partial charge in [-0.2, -0.15) is 0 Å². The molecular formula is C24H26FNO6. The third-order valence-electron chi connectivity index (χ3n) is 5.32. The zero-order chi connectivity index (χ0) is 23.6. The van der Waals surface area contributed by atoms with Crippen molar-refractivity contribution in [1.29, 1.82) is 0 Å². The molecule has 3 rings (SSSR count). The van der Waals surface area contributed by atoms with E-state index in [1.165, 1.54) is 18.2 Å². The Bertz CT molecular complexity index is 1130. The van der Waals surface area contributed by atoms with Crippen molar-refractivity contribution in [1.82, 2.24) is 4.57 Å². The van der Waals surface area contributed by atoms with Crippen LogP contribution in [0.2, 0.25) is 0 Å². The Labute approximate surface area is 184 Å². The molecule has 1 heterocycles. The quantitative estimate of drug-likeness (QED) is 0.341. The van der Waals surface area contributed by atoms with Gasteiger partial charge in [-0.3, -0.25) is 0 Å². The van der Waals surface area contributed by atoms with Crippen LogP contribution in [0.15, 0.2) is 54.6 Å². The number of carboxylic acids is 1. The van der Waals surface area contributed by atoms with E-state index >= 15 is 0 Å². The molecule has 3 aromatic rings. The summed E-state index contributed by atoms with van der Waals surface area (Å²) in [6, 6.07) is 13.8. The molecule has 0 unspecified atom stereocenters. The number of aliphatic carboxylic acids is 1. The molecule has 32 heavy (non-hydrogen) atoms. The lowest BCUT2D eigenvalue weighted by molar-refractivity contribution is -0.239. The Morgan fingerprint density at radius 1 is 1.09 bits per heavy atom. The number of hydrogen-bond acceptors (Lipinski definition) is 5. The monoisotopic (exact) mass is 443 g/mol. The minimum Gasteiger partial charge on any atom is -0.477 e. The van der Waals surface area contributed by atoms with Gasteiger partial charge in [0.05, 0.1) is 6.10 Å². The lowest BCUT2D eigenvalue weighted by Crippen LogP contribution is -2.50. The van der Waals surface area contributed by atoms with Gasteiger partial charge in [-0.1, -0.05) is 36.4 Å². The van der Waals surface area contributed by atoms with Gasteiger partial charge < -0.3 is 30.1 Å². The van der Waals surface area contributed by atoms with Crippen LogP contribution in [-0.2, 0) is 4.79 Å². The van der Waals surface area contributed by atoms with Crippen LogP contribution >= 0.6 is 0 Å². The average Bonchev–Trinajstić information content (AvgIpc) is 3.07. The van der Waals surface area contributed by atoms with Gasteiger partial charge >= 0.3 is 5.97 Å². The predicted molar refractivity (Wildman–Crippen MR) is 118 cm³/mol. The standard InChI is InChI=1S/C24H26FNO6/c1-14(2)26-19-6-4-3-5-18(19)22(15-7-9-16(25)10-8-15)20(26)12-11-17(27)13-21(28)24(31,32)23(29)30/h3-12,14,17,21,27-28,31-32H,13H2,1-2H3,(H,29,30)/b12-11+/t17-,21-/m1/s1. The van der Waals surface area contributed by atoms with Gasteiger partial charge in [0.1, 0.15) is 11.9 Å². The van der Waals surface area contributed by atoms with E-state index in [-0.39, 0.29) is 11.9 Å². The summed E-state index contributed by atoms with van der Waals surface area (Å²) >= 11 is 0. The molecule has 0 aliphatic heterocycles. The van der Waals surface area contributed by atoms with Crippen LogP contribution in [0.4, 0.5) is 4.39 Å². The van der Waals surface area contributed by atoms with Crippen LogP contribution in [0.3, 0.4) is 0 Å². The SMILES string of the molecule is CC(C)n1c(/C=C/[C@@H](O)C[C@@H](O)C(O)(O)C(=O)O)c(-c2ccc(F)cc2)c2ccccc21. The van der Waals surface area contributed by atoms with Crippen molar-refractivity contribution in [2.45, 2.75) is 44.3 Å². The van der Waals surface area contributed by atoms with E-state index in [1.807, 2.05) is 42.7 Å². The zero-order valence-electron chi connectivity index (χ0n) is 17.7. The molecule has 0 saturated heterocycles. The number of nitrogens with zero attached hydrogens (tertiary/aromatic N) is 1. The number of para-hydroxylation sites is 1. The number of benzene rings is 2. The molecule has 5 N–H and O–H groups in total. The van der Waals surface area contributed by atoms with Gasteiger partial charge in [-0.05, 0) is 43.7 Å². The summed E-state index contributed by atoms with van der Waals surface area (Å²) in [5, 5.41) is 48.8. The Morgan fingerprint density at radius 2 is 1.72 bits per heavy atom. The van der Waals surface area contributed by atoms with Crippen molar-refractivity contribution in [3.63, 3.8) is 0 Å². The topological polar surface area (TPSA) is 123 Å². The van der Waals surface area contributed by atoms with Crippen LogP contribution < -0.4 is 0 Å². The highest BCUT2D eigenvalue weighted by molar-refractivity contribution is 6.01. The smallest absolute Gasteiger partial charge is 0.366 e. The maximum Gasteiger partial charge on any atom is 0.366 e. The van der Waals surface area contributed by atoms with Gasteiger partial charge in [0.15, 0.2) is 0 Å². The Morgan fingerprint density at radius 3 is 2.31 bits per heavy atom. The molecule has 0 radical (unpaired) electrons. The van der Waals surface area contributed by atoms with E-state index in [4.69, 9.17) is 5.11 Å². The summed E-state index contributed by atoms with van der Waals surface area (Å²) in [7, 11) is 0. The number of aromatic nitrogens is 1. The van der Waals surface area contributed by atoms with Crippen molar-refractivity contribution in [3.8, 4) is 11.1 Å². The number of aliphatic hydroxyl groups is 4. The van der Waals surface area contributed by atoms with E-state index in [9.17, 15) is 29.6 Å². The fourth-order valence-corrected chi connectivity index (χ4v) is 3.74. The summed E-state index contributed by atoms with van der Waals surface area (Å²) in [5.74, 6) is -5.75. The number of halogens is 1. The molecule has 8 heteroatoms. The first-order chi connectivity index (χ1) is 15.0. The predicted octanol–water partition coefficient (Wildman–Crippen LogP) is 2.92. The summed E-state index contributed by atoms with van der Waals surface area (Å²) < 4.78 is 15.6. The number of fused-ring (bicyclic) bond motifs is 1. The Kier molecular flexibility index (Phi) is 6.80. The number of rotatable bonds is 8. The van der Waals surface area contributed by atoms with Crippen LogP contribution in [0.1, 0.15) is 32.0 Å². The third-order valence-corrected chi connectivity index (χ3v) is 5.32. The molecule has 0 amide bonds. The molecule has 0 bridgehead atoms. The normalized spacial score (nSPS) is 14.4. The minimum absolute atomic E-state index is 0.0334. The highest BCUT2D eigenvalue weighted by atomic mass is 19.1. The van der Waals surface area contributed by atoms with E-state index in [1.54, 1.807) is 18.2 Å². The van der Waals surface area contributed by atoms with E-state index < -0.39 is 30.4 Å². The second-order valence-corrected chi connectivity index (χ2v) is 7.96. The zero-order valence-corrected chi connectivity index (χ0v) is 17.7. The van der Waals surface area contributed by atoms with Crippen molar-refractivity contribution in [2.75, 3.05) is 0 Å². The van der Waals surface area contributed by atoms with Gasteiger partial charge in [0.2, 0.25) is 0 Å². The molecule has 0 spiro atoms. The fourth-order valence-electron chi connectivity index (χ4n) is 3.74. The average molecular weight is 443 g/mol. The van der Waals surface area contributed by atoms with Gasteiger partial charge in [0.25, 0.3) is 5.79 Å². The first kappa shape index (κ1) is 23.6. The minimum atomic E-state index is -3.37. The first-order valence-electron chi connectivity index (χ1n) is 10.1. The van der Waals surface area contributed by atoms with E-state index in [2.05, 4.69) is 0 Å². The molecular weight excluding hydrogens is 417 g/mol. The molecule has 0 aliphatic rings. The van der Waals surface area contributed by atoms with Crippen molar-refractivity contribution in [2.24, 2.45) is 0 Å². The summed E-state index contributed by atoms with van der Waals surface area (Å²) in [6.45, 7) is 3.99. The second kappa shape index (κ2) is 9.22. The largest absolute Gasteiger partial charge is 0.477 e. The Balaban J connectivity index is 2.07. The van der Waals surface area contributed by atoms with Crippen LogP contribution in [0.25, 0.3) is 28.1 Å². The number of aliphatic hydroxyl groups excluding tert-OH is 2. The number of carboxylic acid groups (broad SMARTS) is 1. The van der Waals surface area contributed by atoms with Crippen molar-refractivity contribution in [3.05, 3.63) is 66.1 Å². The van der Waals surface area contributed by atoms with Crippen LogP contribution in [-0.4, -0.2) is 54.1 Å². The molecule has 2 aromatic carbocycles. The van der Waals surface area contributed by atoms with Crippen molar-refractivity contribution < 1.29 is 34.7 Å². The van der Waals surface area contributed by atoms with Crippen LogP contribution in [0.5, 0.6) is 0 Å². The lowest BCUT2D eigenvalue weighted by Gasteiger charge is -2.23. The number of carbonyl (C=O) groups is 1. The maximum atomic E-state index is 13.5. The fraction of sp³-hybridized carbons (Fsp3) is 0.292. The first-order valence-corrected chi connectivity index (χ1v) is 10.1. The Hall–Kier alpha value is -3.04. The number of hydrogen-bond donors (Lipinski definition) is 5. The maximum absolute atomic E-state index is 13.5. The lowest BCUT2D eigenvalue weighted by atomic mass is 10.00. The third kappa shape index (κ3) is 4.58. The van der Waals surface area contributed by atoms with E-state index in [0.29, 0.717) is 0 Å². The van der Waals surface area contributed by atoms with E-state index in [0.717, 1.165) is 27.7 Å². The molecule has 7 nitrogen and oxygen atoms in total. The summed E-state index contributed by atoms with van der Waals surface area (Å²) in [4.78, 5) is 10.9. The van der Waals surface area contributed by atoms with Gasteiger partial charge in [0, 0.05) is 34.6 Å². The van der Waals surface area contributed by atoms with Crippen molar-refractivity contribution >= 4 is 22.9 Å².